The van der Waals surface area contributed by atoms with E-state index in [1.165, 1.54) is 0 Å². The van der Waals surface area contributed by atoms with Crippen LogP contribution in [0.1, 0.15) is 41.5 Å². The molecule has 0 saturated heterocycles. The van der Waals surface area contributed by atoms with Crippen LogP contribution in [0.4, 0.5) is 0 Å². The molecule has 2 N–H and O–H groups in total. The maximum Gasteiger partial charge on any atom is 0.472 e. The molecule has 2 atom stereocenters. The first kappa shape index (κ1) is 23.2. The minimum Gasteiger partial charge on any atom is -0.377 e. The average molecular weight is 378 g/mol. The lowest BCUT2D eigenvalue weighted by molar-refractivity contribution is 0.0241. The Morgan fingerprint density at radius 3 is 1.26 bits per heavy atom. The van der Waals surface area contributed by atoms with Crippen LogP contribution in [0, 0.1) is 0 Å². The minimum atomic E-state index is -4.14. The maximum atomic E-state index is 11.5. The molecule has 0 aromatic rings. The monoisotopic (exact) mass is 378 g/mol. The second kappa shape index (κ2) is 9.04. The maximum absolute atomic E-state index is 11.5. The molecule has 0 heterocycles. The summed E-state index contributed by atoms with van der Waals surface area (Å²) in [7, 11) is -8.27. The van der Waals surface area contributed by atoms with Gasteiger partial charge in [-0.25, -0.2) is 9.13 Å². The molecule has 2 unspecified atom stereocenters. The third-order valence-corrected chi connectivity index (χ3v) is 4.32. The standard InChI is InChI=1S/C12H28O9P2/c1-11(2,3)20-22(13,14)18-9-7-17-8-10-19-23(15,16)21-12(4,5)6/h7-10H2,1-6H3,(H,13,14)(H,15,16). The summed E-state index contributed by atoms with van der Waals surface area (Å²) in [5, 5.41) is 0. The van der Waals surface area contributed by atoms with E-state index >= 15 is 0 Å². The molecule has 11 heteroatoms. The molecule has 0 aliphatic heterocycles. The molecule has 0 fully saturated rings. The summed E-state index contributed by atoms with van der Waals surface area (Å²) in [6.07, 6.45) is 0. The van der Waals surface area contributed by atoms with Gasteiger partial charge in [0.1, 0.15) is 0 Å². The van der Waals surface area contributed by atoms with E-state index in [0.29, 0.717) is 0 Å². The molecular weight excluding hydrogens is 350 g/mol. The quantitative estimate of drug-likeness (QED) is 0.436. The van der Waals surface area contributed by atoms with Gasteiger partial charge >= 0.3 is 15.6 Å². The van der Waals surface area contributed by atoms with Gasteiger partial charge in [0.25, 0.3) is 0 Å². The van der Waals surface area contributed by atoms with Gasteiger partial charge in [-0.1, -0.05) is 0 Å². The highest BCUT2D eigenvalue weighted by atomic mass is 31.2. The van der Waals surface area contributed by atoms with E-state index in [2.05, 4.69) is 0 Å². The van der Waals surface area contributed by atoms with E-state index in [4.69, 9.17) is 22.8 Å². The number of phosphoric ester groups is 2. The lowest BCUT2D eigenvalue weighted by Crippen LogP contribution is -2.19. The van der Waals surface area contributed by atoms with E-state index in [-0.39, 0.29) is 26.4 Å². The summed E-state index contributed by atoms with van der Waals surface area (Å²) >= 11 is 0. The van der Waals surface area contributed by atoms with E-state index in [1.54, 1.807) is 41.5 Å². The lowest BCUT2D eigenvalue weighted by Gasteiger charge is -2.23. The van der Waals surface area contributed by atoms with Crippen LogP contribution >= 0.6 is 15.6 Å². The van der Waals surface area contributed by atoms with Crippen LogP contribution in [0.2, 0.25) is 0 Å². The van der Waals surface area contributed by atoms with Crippen molar-refractivity contribution in [3.05, 3.63) is 0 Å². The van der Waals surface area contributed by atoms with Gasteiger partial charge in [0.15, 0.2) is 0 Å². The molecule has 0 radical (unpaired) electrons. The fourth-order valence-corrected chi connectivity index (χ4v) is 3.37. The van der Waals surface area contributed by atoms with Crippen molar-refractivity contribution in [3.63, 3.8) is 0 Å². The third kappa shape index (κ3) is 15.4. The first-order valence-corrected chi connectivity index (χ1v) is 10.0. The number of ether oxygens (including phenoxy) is 1. The summed E-state index contributed by atoms with van der Waals surface area (Å²) in [5.74, 6) is 0. The molecule has 0 spiro atoms. The molecule has 0 aliphatic rings. The second-order valence-electron chi connectivity index (χ2n) is 6.62. The molecule has 0 aliphatic carbocycles. The SMILES string of the molecule is CC(C)(C)OP(=O)(O)OCCOCCOP(=O)(O)OC(C)(C)C. The molecule has 0 rings (SSSR count). The Hall–Kier alpha value is 0.180. The van der Waals surface area contributed by atoms with Gasteiger partial charge in [-0.15, -0.1) is 0 Å². The fraction of sp³-hybridized carbons (Fsp3) is 1.00. The highest BCUT2D eigenvalue weighted by Gasteiger charge is 2.29. The molecule has 0 aromatic carbocycles. The van der Waals surface area contributed by atoms with E-state index in [9.17, 15) is 18.9 Å². The Morgan fingerprint density at radius 1 is 0.696 bits per heavy atom. The summed E-state index contributed by atoms with van der Waals surface area (Å²) < 4.78 is 47.3. The predicted molar refractivity (Wildman–Crippen MR) is 84.0 cm³/mol. The Labute approximate surface area is 137 Å². The molecular formula is C12H28O9P2. The predicted octanol–water partition coefficient (Wildman–Crippen LogP) is 2.87. The highest BCUT2D eigenvalue weighted by Crippen LogP contribution is 2.47. The first-order valence-electron chi connectivity index (χ1n) is 7.06. The summed E-state index contributed by atoms with van der Waals surface area (Å²) in [4.78, 5) is 18.8. The summed E-state index contributed by atoms with van der Waals surface area (Å²) in [6, 6.07) is 0. The Bertz CT molecular complexity index is 399. The van der Waals surface area contributed by atoms with Crippen LogP contribution in [0.15, 0.2) is 0 Å². The van der Waals surface area contributed by atoms with Crippen molar-refractivity contribution >= 4 is 15.6 Å². The summed E-state index contributed by atoms with van der Waals surface area (Å²) in [6.45, 7) is 9.41. The molecule has 140 valence electrons. The van der Waals surface area contributed by atoms with Crippen LogP contribution in [0.3, 0.4) is 0 Å². The summed E-state index contributed by atoms with van der Waals surface area (Å²) in [5.41, 5.74) is -1.62. The number of phosphoric acid groups is 2. The van der Waals surface area contributed by atoms with Gasteiger partial charge < -0.3 is 14.5 Å². The van der Waals surface area contributed by atoms with Gasteiger partial charge in [0.05, 0.1) is 37.6 Å². The number of hydrogen-bond acceptors (Lipinski definition) is 7. The van der Waals surface area contributed by atoms with E-state index in [1.807, 2.05) is 0 Å². The van der Waals surface area contributed by atoms with Crippen LogP contribution in [0.5, 0.6) is 0 Å². The molecule has 23 heavy (non-hydrogen) atoms. The number of rotatable bonds is 10. The molecule has 0 amide bonds. The van der Waals surface area contributed by atoms with Crippen LogP contribution in [-0.4, -0.2) is 47.4 Å². The molecule has 0 bridgehead atoms. The Morgan fingerprint density at radius 2 is 1.00 bits per heavy atom. The minimum absolute atomic E-state index is 0.00271. The first-order chi connectivity index (χ1) is 10.1. The van der Waals surface area contributed by atoms with Crippen LogP contribution in [0.25, 0.3) is 0 Å². The number of hydrogen-bond donors (Lipinski definition) is 2. The zero-order chi connectivity index (χ0) is 18.4. The average Bonchev–Trinajstić information content (AvgIpc) is 2.20. The van der Waals surface area contributed by atoms with Crippen molar-refractivity contribution in [2.75, 3.05) is 26.4 Å². The lowest BCUT2D eigenvalue weighted by atomic mass is 10.2. The van der Waals surface area contributed by atoms with Crippen molar-refractivity contribution in [1.82, 2.24) is 0 Å². The van der Waals surface area contributed by atoms with Gasteiger partial charge in [-0.3, -0.25) is 18.1 Å². The third-order valence-electron chi connectivity index (χ3n) is 1.74. The normalized spacial score (nSPS) is 18.4. The topological polar surface area (TPSA) is 121 Å². The second-order valence-corrected chi connectivity index (χ2v) is 9.38. The smallest absolute Gasteiger partial charge is 0.377 e. The van der Waals surface area contributed by atoms with Gasteiger partial charge in [0, 0.05) is 0 Å². The van der Waals surface area contributed by atoms with E-state index in [0.717, 1.165) is 0 Å². The van der Waals surface area contributed by atoms with Crippen LogP contribution < -0.4 is 0 Å². The highest BCUT2D eigenvalue weighted by molar-refractivity contribution is 7.47. The van der Waals surface area contributed by atoms with Gasteiger partial charge in [-0.2, -0.15) is 0 Å². The molecule has 0 aromatic heterocycles. The van der Waals surface area contributed by atoms with Crippen LogP contribution in [-0.2, 0) is 32.0 Å². The molecule has 9 nitrogen and oxygen atoms in total. The van der Waals surface area contributed by atoms with Crippen molar-refractivity contribution in [3.8, 4) is 0 Å². The largest absolute Gasteiger partial charge is 0.472 e. The fourth-order valence-electron chi connectivity index (χ4n) is 1.27. The van der Waals surface area contributed by atoms with Crippen molar-refractivity contribution in [2.24, 2.45) is 0 Å². The van der Waals surface area contributed by atoms with Crippen molar-refractivity contribution in [1.29, 1.82) is 0 Å². The van der Waals surface area contributed by atoms with Gasteiger partial charge in [0.2, 0.25) is 0 Å². The van der Waals surface area contributed by atoms with Crippen molar-refractivity contribution < 1.29 is 41.7 Å². The Balaban J connectivity index is 3.83. The van der Waals surface area contributed by atoms with E-state index < -0.39 is 26.8 Å². The van der Waals surface area contributed by atoms with Gasteiger partial charge in [-0.05, 0) is 41.5 Å². The zero-order valence-corrected chi connectivity index (χ0v) is 16.3. The Kier molecular flexibility index (Phi) is 9.11. The molecule has 0 saturated carbocycles. The van der Waals surface area contributed by atoms with Crippen molar-refractivity contribution in [2.45, 2.75) is 52.7 Å². The zero-order valence-electron chi connectivity index (χ0n) is 14.5.